The Balaban J connectivity index is 1.86. The highest BCUT2D eigenvalue weighted by Crippen LogP contribution is 2.38. The molecule has 35 heavy (non-hydrogen) atoms. The molecule has 5 nitrogen and oxygen atoms in total. The highest BCUT2D eigenvalue weighted by Gasteiger charge is 2.26. The Bertz CT molecular complexity index is 831. The number of hydrogen-bond donors (Lipinski definition) is 1. The molecule has 1 aliphatic carbocycles. The fourth-order valence-corrected chi connectivity index (χ4v) is 4.73. The van der Waals surface area contributed by atoms with Gasteiger partial charge in [-0.3, -0.25) is 0 Å². The summed E-state index contributed by atoms with van der Waals surface area (Å²) in [7, 11) is 0. The van der Waals surface area contributed by atoms with E-state index in [0.29, 0.717) is 17.4 Å². The molecule has 1 aromatic rings. The largest absolute Gasteiger partial charge is 0.462 e. The van der Waals surface area contributed by atoms with E-state index >= 15 is 0 Å². The Hall–Kier alpha value is -2.40. The summed E-state index contributed by atoms with van der Waals surface area (Å²) in [5.41, 5.74) is 3.23. The summed E-state index contributed by atoms with van der Waals surface area (Å²) in [6.45, 7) is 13.2. The van der Waals surface area contributed by atoms with Gasteiger partial charge in [-0.1, -0.05) is 57.7 Å². The average Bonchev–Trinajstić information content (AvgIpc) is 2.85. The Morgan fingerprint density at radius 2 is 1.60 bits per heavy atom. The molecule has 1 saturated carbocycles. The van der Waals surface area contributed by atoms with Crippen molar-refractivity contribution < 1.29 is 24.2 Å². The molecule has 0 saturated heterocycles. The highest BCUT2D eigenvalue weighted by atomic mass is 16.5. The molecule has 194 valence electrons. The number of ether oxygens (including phenoxy) is 2. The minimum Gasteiger partial charge on any atom is -0.462 e. The van der Waals surface area contributed by atoms with Crippen LogP contribution in [0.5, 0.6) is 0 Å². The Labute approximate surface area is 211 Å². The first-order chi connectivity index (χ1) is 16.7. The van der Waals surface area contributed by atoms with Gasteiger partial charge in [0.15, 0.2) is 0 Å². The fourth-order valence-electron chi connectivity index (χ4n) is 4.73. The maximum Gasteiger partial charge on any atom is 0.335 e. The van der Waals surface area contributed by atoms with Crippen LogP contribution in [0.2, 0.25) is 0 Å². The first kappa shape index (κ1) is 28.8. The van der Waals surface area contributed by atoms with Crippen molar-refractivity contribution in [2.24, 2.45) is 17.8 Å². The number of carbonyl (C=O) groups is 2. The second kappa shape index (κ2) is 14.9. The lowest BCUT2D eigenvalue weighted by Gasteiger charge is -2.31. The molecular formula is C30H44O5. The zero-order chi connectivity index (χ0) is 25.8. The molecular weight excluding hydrogens is 440 g/mol. The van der Waals surface area contributed by atoms with Gasteiger partial charge in [-0.15, -0.1) is 0 Å². The van der Waals surface area contributed by atoms with Crippen LogP contribution >= 0.6 is 0 Å². The number of aliphatic hydroxyl groups is 1. The molecule has 1 atom stereocenters. The average molecular weight is 485 g/mol. The predicted molar refractivity (Wildman–Crippen MR) is 140 cm³/mol. The van der Waals surface area contributed by atoms with E-state index in [2.05, 4.69) is 51.3 Å². The van der Waals surface area contributed by atoms with Crippen molar-refractivity contribution in [2.75, 3.05) is 19.8 Å². The first-order valence-corrected chi connectivity index (χ1v) is 13.1. The summed E-state index contributed by atoms with van der Waals surface area (Å²) >= 11 is 0. The minimum atomic E-state index is -0.611. The van der Waals surface area contributed by atoms with Gasteiger partial charge in [0.1, 0.15) is 0 Å². The van der Waals surface area contributed by atoms with Crippen molar-refractivity contribution in [3.8, 4) is 0 Å². The zero-order valence-electron chi connectivity index (χ0n) is 21.9. The number of esters is 2. The molecule has 5 heteroatoms. The molecule has 2 rings (SSSR count). The van der Waals surface area contributed by atoms with Crippen molar-refractivity contribution in [2.45, 2.75) is 78.1 Å². The molecule has 0 radical (unpaired) electrons. The zero-order valence-corrected chi connectivity index (χ0v) is 21.9. The standard InChI is InChI=1S/C30H44O5/c1-21(2)7-6-8-24-9-13-27(14-10-24)28-15-11-25(12-16-28)17-26(19-34-29(32)22(3)4)20-35-30(33)23(5)18-31/h9-10,13-14,21,25-26,28,31H,3,5-8,11-12,15-20H2,1-2,4H3. The lowest BCUT2D eigenvalue weighted by atomic mass is 9.75. The lowest BCUT2D eigenvalue weighted by Crippen LogP contribution is -2.25. The Morgan fingerprint density at radius 3 is 2.14 bits per heavy atom. The van der Waals surface area contributed by atoms with E-state index < -0.39 is 18.5 Å². The van der Waals surface area contributed by atoms with Gasteiger partial charge < -0.3 is 14.6 Å². The van der Waals surface area contributed by atoms with E-state index in [4.69, 9.17) is 14.6 Å². The fraction of sp³-hybridized carbons (Fsp3) is 0.600. The van der Waals surface area contributed by atoms with Crippen LogP contribution in [0.1, 0.15) is 82.8 Å². The van der Waals surface area contributed by atoms with Crippen LogP contribution in [-0.2, 0) is 25.5 Å². The van der Waals surface area contributed by atoms with E-state index in [1.807, 2.05) is 0 Å². The van der Waals surface area contributed by atoms with Crippen LogP contribution in [0, 0.1) is 17.8 Å². The molecule has 0 aliphatic heterocycles. The quantitative estimate of drug-likeness (QED) is 0.253. The molecule has 1 aliphatic rings. The molecule has 0 amide bonds. The van der Waals surface area contributed by atoms with Crippen molar-refractivity contribution >= 4 is 11.9 Å². The Morgan fingerprint density at radius 1 is 1.00 bits per heavy atom. The summed E-state index contributed by atoms with van der Waals surface area (Å²) in [4.78, 5) is 23.8. The van der Waals surface area contributed by atoms with E-state index in [1.54, 1.807) is 6.92 Å². The second-order valence-corrected chi connectivity index (χ2v) is 10.6. The predicted octanol–water partition coefficient (Wildman–Crippen LogP) is 6.16. The molecule has 0 aromatic heterocycles. The summed E-state index contributed by atoms with van der Waals surface area (Å²) in [5.74, 6) is 0.698. The van der Waals surface area contributed by atoms with Gasteiger partial charge in [-0.25, -0.2) is 9.59 Å². The molecule has 0 spiro atoms. The number of aliphatic hydroxyl groups excluding tert-OH is 1. The van der Waals surface area contributed by atoms with Gasteiger partial charge in [0.05, 0.1) is 25.4 Å². The molecule has 0 heterocycles. The van der Waals surface area contributed by atoms with Crippen LogP contribution in [-0.4, -0.2) is 36.9 Å². The third kappa shape index (κ3) is 10.4. The second-order valence-electron chi connectivity index (χ2n) is 10.6. The van der Waals surface area contributed by atoms with Crippen LogP contribution in [0.25, 0.3) is 0 Å². The van der Waals surface area contributed by atoms with E-state index in [9.17, 15) is 9.59 Å². The van der Waals surface area contributed by atoms with Crippen LogP contribution in [0.15, 0.2) is 48.6 Å². The number of aryl methyl sites for hydroxylation is 1. The summed E-state index contributed by atoms with van der Waals surface area (Å²) in [5, 5.41) is 9.08. The van der Waals surface area contributed by atoms with Crippen molar-refractivity contribution in [1.82, 2.24) is 0 Å². The van der Waals surface area contributed by atoms with Gasteiger partial charge >= 0.3 is 11.9 Å². The lowest BCUT2D eigenvalue weighted by molar-refractivity contribution is -0.144. The summed E-state index contributed by atoms with van der Waals surface area (Å²) < 4.78 is 10.7. The molecule has 0 bridgehead atoms. The van der Waals surface area contributed by atoms with Crippen molar-refractivity contribution in [3.05, 3.63) is 59.7 Å². The maximum absolute atomic E-state index is 11.9. The molecule has 1 unspecified atom stereocenters. The SMILES string of the molecule is C=C(C)C(=O)OCC(COC(=O)C(=C)CO)CC1CCC(c2ccc(CCCC(C)C)cc2)CC1. The Kier molecular flexibility index (Phi) is 12.3. The summed E-state index contributed by atoms with van der Waals surface area (Å²) in [6.07, 6.45) is 8.96. The third-order valence-electron chi connectivity index (χ3n) is 6.94. The van der Waals surface area contributed by atoms with Gasteiger partial charge in [0, 0.05) is 11.5 Å². The monoisotopic (exact) mass is 484 g/mol. The van der Waals surface area contributed by atoms with E-state index in [-0.39, 0.29) is 24.7 Å². The number of carbonyl (C=O) groups excluding carboxylic acids is 2. The van der Waals surface area contributed by atoms with Crippen molar-refractivity contribution in [1.29, 1.82) is 0 Å². The van der Waals surface area contributed by atoms with Gasteiger partial charge in [0.25, 0.3) is 0 Å². The normalized spacial score (nSPS) is 18.7. The topological polar surface area (TPSA) is 72.8 Å². The van der Waals surface area contributed by atoms with E-state index in [0.717, 1.165) is 44.4 Å². The van der Waals surface area contributed by atoms with E-state index in [1.165, 1.54) is 24.0 Å². The number of rotatable bonds is 14. The smallest absolute Gasteiger partial charge is 0.335 e. The van der Waals surface area contributed by atoms with Gasteiger partial charge in [-0.2, -0.15) is 0 Å². The molecule has 1 aromatic carbocycles. The first-order valence-electron chi connectivity index (χ1n) is 13.1. The number of benzene rings is 1. The van der Waals surface area contributed by atoms with Crippen LogP contribution < -0.4 is 0 Å². The maximum atomic E-state index is 11.9. The van der Waals surface area contributed by atoms with Gasteiger partial charge in [-0.05, 0) is 80.8 Å². The van der Waals surface area contributed by atoms with Crippen molar-refractivity contribution in [3.63, 3.8) is 0 Å². The number of hydrogen-bond acceptors (Lipinski definition) is 5. The minimum absolute atomic E-state index is 0.0223. The van der Waals surface area contributed by atoms with Crippen LogP contribution in [0.3, 0.4) is 0 Å². The van der Waals surface area contributed by atoms with Gasteiger partial charge in [0.2, 0.25) is 0 Å². The van der Waals surface area contributed by atoms with Crippen LogP contribution in [0.4, 0.5) is 0 Å². The molecule has 1 N–H and O–H groups in total. The highest BCUT2D eigenvalue weighted by molar-refractivity contribution is 5.88. The third-order valence-corrected chi connectivity index (χ3v) is 6.94. The summed E-state index contributed by atoms with van der Waals surface area (Å²) in [6, 6.07) is 9.21. The molecule has 1 fully saturated rings.